The van der Waals surface area contributed by atoms with Gasteiger partial charge in [0, 0.05) is 16.8 Å². The zero-order chi connectivity index (χ0) is 17.4. The number of carbonyl (C=O) groups is 1. The topological polar surface area (TPSA) is 72.7 Å². The molecular formula is C19H19N5O. The molecule has 3 aromatic rings. The molecule has 1 heterocycles. The number of benzene rings is 2. The van der Waals surface area contributed by atoms with Crippen molar-refractivity contribution in [2.24, 2.45) is 0 Å². The highest BCUT2D eigenvalue weighted by Gasteiger charge is 2.28. The number of aryl methyl sites for hydroxylation is 1. The van der Waals surface area contributed by atoms with E-state index >= 15 is 0 Å². The Kier molecular flexibility index (Phi) is 3.80. The van der Waals surface area contributed by atoms with E-state index in [1.54, 1.807) is 0 Å². The third-order valence-corrected chi connectivity index (χ3v) is 4.61. The van der Waals surface area contributed by atoms with Gasteiger partial charge in [-0.25, -0.2) is 4.68 Å². The number of hydrogen-bond donors (Lipinski definition) is 1. The van der Waals surface area contributed by atoms with Gasteiger partial charge in [0.2, 0.25) is 0 Å². The molecule has 6 heteroatoms. The lowest BCUT2D eigenvalue weighted by Gasteiger charge is -2.10. The SMILES string of the molecule is Cc1cccc(C(=O)Nc2cccc(-c3nnnn3C3CC3)c2)c1C. The van der Waals surface area contributed by atoms with Gasteiger partial charge in [0.25, 0.3) is 5.91 Å². The Morgan fingerprint density at radius 3 is 2.76 bits per heavy atom. The number of aromatic nitrogens is 4. The van der Waals surface area contributed by atoms with Crippen molar-refractivity contribution in [1.29, 1.82) is 0 Å². The third-order valence-electron chi connectivity index (χ3n) is 4.61. The van der Waals surface area contributed by atoms with Crippen LogP contribution >= 0.6 is 0 Å². The van der Waals surface area contributed by atoms with Gasteiger partial charge in [-0.05, 0) is 66.4 Å². The molecule has 0 saturated heterocycles. The second-order valence-electron chi connectivity index (χ2n) is 6.46. The fourth-order valence-electron chi connectivity index (χ4n) is 2.88. The molecule has 25 heavy (non-hydrogen) atoms. The lowest BCUT2D eigenvalue weighted by molar-refractivity contribution is 0.102. The van der Waals surface area contributed by atoms with Gasteiger partial charge in [-0.15, -0.1) is 5.10 Å². The van der Waals surface area contributed by atoms with Gasteiger partial charge in [0.05, 0.1) is 6.04 Å². The lowest BCUT2D eigenvalue weighted by atomic mass is 10.0. The summed E-state index contributed by atoms with van der Waals surface area (Å²) >= 11 is 0. The third kappa shape index (κ3) is 3.03. The summed E-state index contributed by atoms with van der Waals surface area (Å²) in [6.45, 7) is 3.97. The number of anilines is 1. The maximum Gasteiger partial charge on any atom is 0.255 e. The van der Waals surface area contributed by atoms with Gasteiger partial charge in [-0.3, -0.25) is 4.79 Å². The Balaban J connectivity index is 1.60. The first-order valence-corrected chi connectivity index (χ1v) is 8.39. The van der Waals surface area contributed by atoms with Crippen LogP contribution in [0.3, 0.4) is 0 Å². The first kappa shape index (κ1) is 15.5. The minimum atomic E-state index is -0.111. The fourth-order valence-corrected chi connectivity index (χ4v) is 2.88. The van der Waals surface area contributed by atoms with E-state index < -0.39 is 0 Å². The van der Waals surface area contributed by atoms with E-state index in [-0.39, 0.29) is 5.91 Å². The maximum atomic E-state index is 12.6. The average Bonchev–Trinajstić information content (AvgIpc) is 3.34. The summed E-state index contributed by atoms with van der Waals surface area (Å²) < 4.78 is 1.87. The van der Waals surface area contributed by atoms with E-state index in [1.807, 2.05) is 61.0 Å². The van der Waals surface area contributed by atoms with Crippen molar-refractivity contribution >= 4 is 11.6 Å². The summed E-state index contributed by atoms with van der Waals surface area (Å²) in [6.07, 6.45) is 2.22. The Morgan fingerprint density at radius 1 is 1.16 bits per heavy atom. The molecule has 0 spiro atoms. The summed E-state index contributed by atoms with van der Waals surface area (Å²) in [5.41, 5.74) is 4.41. The van der Waals surface area contributed by atoms with Crippen LogP contribution < -0.4 is 5.32 Å². The largest absolute Gasteiger partial charge is 0.322 e. The molecule has 0 radical (unpaired) electrons. The van der Waals surface area contributed by atoms with E-state index in [2.05, 4.69) is 20.8 Å². The normalized spacial score (nSPS) is 13.7. The molecule has 1 aliphatic rings. The molecule has 1 aromatic heterocycles. The highest BCUT2D eigenvalue weighted by molar-refractivity contribution is 6.05. The zero-order valence-corrected chi connectivity index (χ0v) is 14.2. The predicted octanol–water partition coefficient (Wildman–Crippen LogP) is 3.54. The van der Waals surface area contributed by atoms with Crippen LogP contribution in [0.1, 0.15) is 40.4 Å². The summed E-state index contributed by atoms with van der Waals surface area (Å²) in [7, 11) is 0. The lowest BCUT2D eigenvalue weighted by Crippen LogP contribution is -2.14. The number of nitrogens with one attached hydrogen (secondary N) is 1. The molecule has 1 fully saturated rings. The van der Waals surface area contributed by atoms with Crippen molar-refractivity contribution in [3.63, 3.8) is 0 Å². The van der Waals surface area contributed by atoms with E-state index in [1.165, 1.54) is 0 Å². The smallest absolute Gasteiger partial charge is 0.255 e. The highest BCUT2D eigenvalue weighted by Crippen LogP contribution is 2.36. The maximum absolute atomic E-state index is 12.6. The minimum absolute atomic E-state index is 0.111. The van der Waals surface area contributed by atoms with Crippen molar-refractivity contribution in [3.8, 4) is 11.4 Å². The van der Waals surface area contributed by atoms with Gasteiger partial charge in [0.1, 0.15) is 0 Å². The molecule has 0 unspecified atom stereocenters. The number of amides is 1. The monoisotopic (exact) mass is 333 g/mol. The van der Waals surface area contributed by atoms with Crippen LogP contribution in [0, 0.1) is 13.8 Å². The number of carbonyl (C=O) groups excluding carboxylic acids is 1. The summed E-state index contributed by atoms with van der Waals surface area (Å²) in [5, 5.41) is 15.0. The Morgan fingerprint density at radius 2 is 1.96 bits per heavy atom. The van der Waals surface area contributed by atoms with Crippen molar-refractivity contribution in [2.75, 3.05) is 5.32 Å². The Hall–Kier alpha value is -3.02. The van der Waals surface area contributed by atoms with Crippen molar-refractivity contribution < 1.29 is 4.79 Å². The van der Waals surface area contributed by atoms with Crippen molar-refractivity contribution in [3.05, 3.63) is 59.2 Å². The van der Waals surface area contributed by atoms with Gasteiger partial charge in [-0.1, -0.05) is 24.3 Å². The van der Waals surface area contributed by atoms with Crippen LogP contribution in [0.25, 0.3) is 11.4 Å². The van der Waals surface area contributed by atoms with Gasteiger partial charge >= 0.3 is 0 Å². The van der Waals surface area contributed by atoms with Crippen molar-refractivity contribution in [1.82, 2.24) is 20.2 Å². The molecule has 1 N–H and O–H groups in total. The summed E-state index contributed by atoms with van der Waals surface area (Å²) in [4.78, 5) is 12.6. The standard InChI is InChI=1S/C19H19N5O/c1-12-5-3-8-17(13(12)2)19(25)20-15-7-4-6-14(11-15)18-21-22-23-24(18)16-9-10-16/h3-8,11,16H,9-10H2,1-2H3,(H,20,25). The van der Waals surface area contributed by atoms with E-state index in [0.717, 1.165) is 41.0 Å². The molecule has 0 bridgehead atoms. The Labute approximate surface area is 145 Å². The molecule has 0 aliphatic heterocycles. The first-order valence-electron chi connectivity index (χ1n) is 8.39. The van der Waals surface area contributed by atoms with Gasteiger partial charge < -0.3 is 5.32 Å². The number of hydrogen-bond acceptors (Lipinski definition) is 4. The van der Waals surface area contributed by atoms with Crippen LogP contribution in [0.15, 0.2) is 42.5 Å². The Bertz CT molecular complexity index is 942. The molecule has 1 saturated carbocycles. The number of tetrazole rings is 1. The predicted molar refractivity (Wildman–Crippen MR) is 95.4 cm³/mol. The molecule has 1 amide bonds. The van der Waals surface area contributed by atoms with E-state index in [9.17, 15) is 4.79 Å². The molecule has 0 atom stereocenters. The summed E-state index contributed by atoms with van der Waals surface area (Å²) in [6, 6.07) is 13.8. The molecule has 1 aliphatic carbocycles. The quantitative estimate of drug-likeness (QED) is 0.792. The molecule has 4 rings (SSSR count). The number of nitrogens with zero attached hydrogens (tertiary/aromatic N) is 4. The first-order chi connectivity index (χ1) is 12.1. The molecule has 2 aromatic carbocycles. The molecule has 126 valence electrons. The van der Waals surface area contributed by atoms with Crippen LogP contribution in [0.4, 0.5) is 5.69 Å². The minimum Gasteiger partial charge on any atom is -0.322 e. The zero-order valence-electron chi connectivity index (χ0n) is 14.2. The van der Waals surface area contributed by atoms with Gasteiger partial charge in [-0.2, -0.15) is 0 Å². The van der Waals surface area contributed by atoms with E-state index in [0.29, 0.717) is 11.6 Å². The van der Waals surface area contributed by atoms with Crippen LogP contribution in [0.2, 0.25) is 0 Å². The fraction of sp³-hybridized carbons (Fsp3) is 0.263. The second kappa shape index (κ2) is 6.12. The van der Waals surface area contributed by atoms with E-state index in [4.69, 9.17) is 0 Å². The summed E-state index contributed by atoms with van der Waals surface area (Å²) in [5.74, 6) is 0.630. The molecule has 6 nitrogen and oxygen atoms in total. The second-order valence-corrected chi connectivity index (χ2v) is 6.46. The molecular weight excluding hydrogens is 314 g/mol. The van der Waals surface area contributed by atoms with Crippen LogP contribution in [-0.4, -0.2) is 26.1 Å². The van der Waals surface area contributed by atoms with Crippen LogP contribution in [0.5, 0.6) is 0 Å². The number of rotatable bonds is 4. The van der Waals surface area contributed by atoms with Crippen LogP contribution in [-0.2, 0) is 0 Å². The highest BCUT2D eigenvalue weighted by atomic mass is 16.1. The average molecular weight is 333 g/mol. The van der Waals surface area contributed by atoms with Gasteiger partial charge in [0.15, 0.2) is 5.82 Å². The van der Waals surface area contributed by atoms with Crippen molar-refractivity contribution in [2.45, 2.75) is 32.7 Å².